The maximum atomic E-state index is 5.56. The Balaban J connectivity index is 1.82. The van der Waals surface area contributed by atoms with Crippen LogP contribution in [0.1, 0.15) is 19.3 Å². The van der Waals surface area contributed by atoms with Crippen molar-refractivity contribution in [2.45, 2.75) is 30.7 Å². The summed E-state index contributed by atoms with van der Waals surface area (Å²) < 4.78 is 5.56. The van der Waals surface area contributed by atoms with Gasteiger partial charge in [-0.15, -0.1) is 0 Å². The van der Waals surface area contributed by atoms with Crippen molar-refractivity contribution in [3.63, 3.8) is 0 Å². The molecule has 3 heteroatoms. The molecule has 1 N–H and O–H groups in total. The fourth-order valence-electron chi connectivity index (χ4n) is 1.69. The summed E-state index contributed by atoms with van der Waals surface area (Å²) in [7, 11) is 0. The average Bonchev–Trinajstić information content (AvgIpc) is 2.58. The molecule has 2 unspecified atom stereocenters. The summed E-state index contributed by atoms with van der Waals surface area (Å²) in [5.74, 6) is 1.33. The molecular weight excluding hydrogens is 158 g/mol. The van der Waals surface area contributed by atoms with Crippen LogP contribution in [0.5, 0.6) is 0 Å². The fourth-order valence-corrected chi connectivity index (χ4v) is 3.05. The molecule has 0 radical (unpaired) electrons. The zero-order chi connectivity index (χ0) is 7.52. The van der Waals surface area contributed by atoms with E-state index in [1.54, 1.807) is 0 Å². The zero-order valence-corrected chi connectivity index (χ0v) is 7.53. The van der Waals surface area contributed by atoms with Crippen LogP contribution >= 0.6 is 11.8 Å². The topological polar surface area (TPSA) is 21.3 Å². The van der Waals surface area contributed by atoms with Gasteiger partial charge in [0.2, 0.25) is 0 Å². The molecule has 2 saturated heterocycles. The summed E-state index contributed by atoms with van der Waals surface area (Å²) in [6.07, 6.45) is 4.48. The molecule has 0 aliphatic carbocycles. The second kappa shape index (κ2) is 3.78. The first-order valence-electron chi connectivity index (χ1n) is 4.43. The minimum absolute atomic E-state index is 0.361. The van der Waals surface area contributed by atoms with Gasteiger partial charge in [0.1, 0.15) is 6.23 Å². The van der Waals surface area contributed by atoms with E-state index in [0.29, 0.717) is 6.23 Å². The molecule has 2 atom stereocenters. The first-order valence-corrected chi connectivity index (χ1v) is 5.48. The average molecular weight is 173 g/mol. The molecule has 0 aromatic rings. The number of hydrogen-bond donors (Lipinski definition) is 1. The Morgan fingerprint density at radius 3 is 3.00 bits per heavy atom. The lowest BCUT2D eigenvalue weighted by molar-refractivity contribution is 0.0961. The van der Waals surface area contributed by atoms with Gasteiger partial charge in [0.25, 0.3) is 0 Å². The number of ether oxygens (including phenoxy) is 1. The van der Waals surface area contributed by atoms with Crippen molar-refractivity contribution in [3.05, 3.63) is 0 Å². The third-order valence-corrected chi connectivity index (χ3v) is 3.73. The van der Waals surface area contributed by atoms with Crippen LogP contribution < -0.4 is 5.32 Å². The van der Waals surface area contributed by atoms with Gasteiger partial charge < -0.3 is 4.74 Å². The molecule has 0 spiro atoms. The largest absolute Gasteiger partial charge is 0.361 e. The Labute approximate surface area is 72.1 Å². The Kier molecular flexibility index (Phi) is 2.72. The standard InChI is InChI=1S/C8H15NOS/c1-2-6-11-7(3-1)8-9-4-5-10-8/h7-9H,1-6H2. The Morgan fingerprint density at radius 2 is 2.36 bits per heavy atom. The molecule has 2 aliphatic heterocycles. The number of thioether (sulfide) groups is 1. The predicted molar refractivity (Wildman–Crippen MR) is 47.8 cm³/mol. The van der Waals surface area contributed by atoms with Gasteiger partial charge in [0.05, 0.1) is 6.61 Å². The van der Waals surface area contributed by atoms with Gasteiger partial charge in [-0.25, -0.2) is 0 Å². The molecule has 2 aliphatic rings. The summed E-state index contributed by atoms with van der Waals surface area (Å²) in [5, 5.41) is 4.11. The van der Waals surface area contributed by atoms with Gasteiger partial charge in [-0.3, -0.25) is 5.32 Å². The SMILES string of the molecule is C1CCC(C2NCCO2)SC1. The van der Waals surface area contributed by atoms with Crippen LogP contribution in [-0.4, -0.2) is 30.4 Å². The molecule has 2 heterocycles. The van der Waals surface area contributed by atoms with Crippen LogP contribution in [0.15, 0.2) is 0 Å². The van der Waals surface area contributed by atoms with Gasteiger partial charge >= 0.3 is 0 Å². The molecule has 0 bridgehead atoms. The van der Waals surface area contributed by atoms with Crippen molar-refractivity contribution in [1.82, 2.24) is 5.32 Å². The van der Waals surface area contributed by atoms with E-state index >= 15 is 0 Å². The molecule has 0 amide bonds. The Bertz CT molecular complexity index is 119. The summed E-state index contributed by atoms with van der Waals surface area (Å²) in [6.45, 7) is 1.95. The van der Waals surface area contributed by atoms with E-state index in [-0.39, 0.29) is 0 Å². The maximum Gasteiger partial charge on any atom is 0.120 e. The van der Waals surface area contributed by atoms with Crippen molar-refractivity contribution in [3.8, 4) is 0 Å². The zero-order valence-electron chi connectivity index (χ0n) is 6.71. The molecule has 0 aromatic heterocycles. The normalized spacial score (nSPS) is 39.3. The third kappa shape index (κ3) is 1.89. The van der Waals surface area contributed by atoms with Gasteiger partial charge in [-0.05, 0) is 18.6 Å². The number of rotatable bonds is 1. The van der Waals surface area contributed by atoms with Crippen LogP contribution in [0.25, 0.3) is 0 Å². The van der Waals surface area contributed by atoms with E-state index in [1.165, 1.54) is 25.0 Å². The van der Waals surface area contributed by atoms with Crippen molar-refractivity contribution in [1.29, 1.82) is 0 Å². The monoisotopic (exact) mass is 173 g/mol. The number of nitrogens with one attached hydrogen (secondary N) is 1. The van der Waals surface area contributed by atoms with Gasteiger partial charge in [-0.1, -0.05) is 6.42 Å². The summed E-state index contributed by atoms with van der Waals surface area (Å²) in [6, 6.07) is 0. The van der Waals surface area contributed by atoms with Crippen LogP contribution in [0.2, 0.25) is 0 Å². The summed E-state index contributed by atoms with van der Waals surface area (Å²) in [5.41, 5.74) is 0. The van der Waals surface area contributed by atoms with Crippen LogP contribution in [-0.2, 0) is 4.74 Å². The first kappa shape index (κ1) is 7.90. The van der Waals surface area contributed by atoms with E-state index in [4.69, 9.17) is 4.74 Å². The highest BCUT2D eigenvalue weighted by atomic mass is 32.2. The van der Waals surface area contributed by atoms with Gasteiger partial charge in [0, 0.05) is 11.8 Å². The van der Waals surface area contributed by atoms with Crippen molar-refractivity contribution in [2.75, 3.05) is 18.9 Å². The maximum absolute atomic E-state index is 5.56. The van der Waals surface area contributed by atoms with E-state index < -0.39 is 0 Å². The van der Waals surface area contributed by atoms with Crippen molar-refractivity contribution >= 4 is 11.8 Å². The molecule has 2 rings (SSSR count). The molecule has 0 saturated carbocycles. The lowest BCUT2D eigenvalue weighted by Crippen LogP contribution is -2.35. The Hall–Kier alpha value is 0.270. The third-order valence-electron chi connectivity index (χ3n) is 2.30. The minimum Gasteiger partial charge on any atom is -0.361 e. The Morgan fingerprint density at radius 1 is 1.36 bits per heavy atom. The van der Waals surface area contributed by atoms with Crippen LogP contribution in [0.3, 0.4) is 0 Å². The van der Waals surface area contributed by atoms with Crippen molar-refractivity contribution in [2.24, 2.45) is 0 Å². The lowest BCUT2D eigenvalue weighted by atomic mass is 10.2. The first-order chi connectivity index (χ1) is 5.47. The van der Waals surface area contributed by atoms with Crippen LogP contribution in [0, 0.1) is 0 Å². The highest BCUT2D eigenvalue weighted by Gasteiger charge is 2.26. The summed E-state index contributed by atoms with van der Waals surface area (Å²) in [4.78, 5) is 0. The van der Waals surface area contributed by atoms with Gasteiger partial charge in [0.15, 0.2) is 0 Å². The molecule has 0 aromatic carbocycles. The molecule has 2 nitrogen and oxygen atoms in total. The second-order valence-corrected chi connectivity index (χ2v) is 4.50. The number of hydrogen-bond acceptors (Lipinski definition) is 3. The predicted octanol–water partition coefficient (Wildman–Crippen LogP) is 1.22. The highest BCUT2D eigenvalue weighted by Crippen LogP contribution is 2.28. The van der Waals surface area contributed by atoms with E-state index in [9.17, 15) is 0 Å². The van der Waals surface area contributed by atoms with E-state index in [1.807, 2.05) is 0 Å². The van der Waals surface area contributed by atoms with E-state index in [2.05, 4.69) is 17.1 Å². The second-order valence-electron chi connectivity index (χ2n) is 3.15. The van der Waals surface area contributed by atoms with Crippen LogP contribution in [0.4, 0.5) is 0 Å². The van der Waals surface area contributed by atoms with Crippen molar-refractivity contribution < 1.29 is 4.74 Å². The lowest BCUT2D eigenvalue weighted by Gasteiger charge is -2.25. The summed E-state index contributed by atoms with van der Waals surface area (Å²) >= 11 is 2.07. The quantitative estimate of drug-likeness (QED) is 0.644. The molecule has 64 valence electrons. The fraction of sp³-hybridized carbons (Fsp3) is 1.00. The van der Waals surface area contributed by atoms with Gasteiger partial charge in [-0.2, -0.15) is 11.8 Å². The molecule has 11 heavy (non-hydrogen) atoms. The molecule has 2 fully saturated rings. The van der Waals surface area contributed by atoms with E-state index in [0.717, 1.165) is 18.4 Å². The smallest absolute Gasteiger partial charge is 0.120 e. The molecular formula is C8H15NOS. The minimum atomic E-state index is 0.361. The highest BCUT2D eigenvalue weighted by molar-refractivity contribution is 8.00.